The Morgan fingerprint density at radius 3 is 1.81 bits per heavy atom. The van der Waals surface area contributed by atoms with Gasteiger partial charge in [0.05, 0.1) is 16.7 Å². The fourth-order valence-electron chi connectivity index (χ4n) is 11.1. The van der Waals surface area contributed by atoms with Crippen molar-refractivity contribution in [3.63, 3.8) is 0 Å². The zero-order valence-electron chi connectivity index (χ0n) is 34.3. The maximum atomic E-state index is 2.51. The number of hydrogen-bond acceptors (Lipinski definition) is 2. The van der Waals surface area contributed by atoms with Crippen molar-refractivity contribution in [3.8, 4) is 39.1 Å². The largest absolute Gasteiger partial charge is 0.310 e. The van der Waals surface area contributed by atoms with Crippen LogP contribution in [0.3, 0.4) is 0 Å². The van der Waals surface area contributed by atoms with E-state index in [4.69, 9.17) is 0 Å². The summed E-state index contributed by atoms with van der Waals surface area (Å²) in [5.74, 6) is 0. The van der Waals surface area contributed by atoms with Gasteiger partial charge in [-0.15, -0.1) is 11.3 Å². The molecule has 2 nitrogen and oxygen atoms in total. The van der Waals surface area contributed by atoms with Gasteiger partial charge in [-0.3, -0.25) is 0 Å². The number of anilines is 3. The zero-order valence-corrected chi connectivity index (χ0v) is 35.1. The number of hydrogen-bond donors (Lipinski definition) is 0. The van der Waals surface area contributed by atoms with Crippen LogP contribution in [0.5, 0.6) is 0 Å². The smallest absolute Gasteiger partial charge is 0.0554 e. The van der Waals surface area contributed by atoms with Crippen LogP contribution in [0.1, 0.15) is 36.8 Å². The summed E-state index contributed by atoms with van der Waals surface area (Å²) in [6, 6.07) is 76.9. The molecule has 0 atom stereocenters. The number of benzene rings is 9. The normalized spacial score (nSPS) is 14.0. The van der Waals surface area contributed by atoms with E-state index in [2.05, 4.69) is 216 Å². The van der Waals surface area contributed by atoms with Gasteiger partial charge in [0.25, 0.3) is 0 Å². The highest BCUT2D eigenvalue weighted by molar-refractivity contribution is 7.26. The van der Waals surface area contributed by atoms with Gasteiger partial charge in [0.2, 0.25) is 0 Å². The SMILES string of the molecule is c1ccc(-n2c3ccccc3c3ccc(-c4ccc(N(c5ccc(-c6ccc7c(c6)C6(CCCC6)c6ccccc6-7)cc5)c5cccc6sc7ccccc7c56)cc4)cc32)cc1. The first kappa shape index (κ1) is 35.5. The third-order valence-electron chi connectivity index (χ3n) is 14.0. The molecule has 1 saturated carbocycles. The Labute approximate surface area is 365 Å². The van der Waals surface area contributed by atoms with Crippen LogP contribution in [-0.2, 0) is 5.41 Å². The quantitative estimate of drug-likeness (QED) is 0.162. The van der Waals surface area contributed by atoms with Crippen molar-refractivity contribution in [1.29, 1.82) is 0 Å². The molecule has 62 heavy (non-hydrogen) atoms. The Hall–Kier alpha value is -7.20. The van der Waals surface area contributed by atoms with E-state index in [0.717, 1.165) is 11.4 Å². The Kier molecular flexibility index (Phi) is 7.98. The fourth-order valence-corrected chi connectivity index (χ4v) is 12.3. The van der Waals surface area contributed by atoms with E-state index in [1.165, 1.54) is 124 Å². The predicted octanol–water partition coefficient (Wildman–Crippen LogP) is 16.8. The number of nitrogens with zero attached hydrogens (tertiary/aromatic N) is 2. The second-order valence-electron chi connectivity index (χ2n) is 17.2. The van der Waals surface area contributed by atoms with Crippen LogP contribution in [0.15, 0.2) is 206 Å². The number of aromatic nitrogens is 1. The minimum atomic E-state index is 0.152. The second-order valence-corrected chi connectivity index (χ2v) is 18.3. The molecule has 2 heterocycles. The van der Waals surface area contributed by atoms with Crippen LogP contribution in [0, 0.1) is 0 Å². The summed E-state index contributed by atoms with van der Waals surface area (Å²) in [6.07, 6.45) is 5.07. The van der Waals surface area contributed by atoms with E-state index in [1.54, 1.807) is 0 Å². The molecule has 2 aliphatic carbocycles. The van der Waals surface area contributed by atoms with Gasteiger partial charge in [0.15, 0.2) is 0 Å². The van der Waals surface area contributed by atoms with Gasteiger partial charge >= 0.3 is 0 Å². The molecule has 0 aliphatic heterocycles. The average Bonchev–Trinajstić information content (AvgIpc) is 4.12. The highest BCUT2D eigenvalue weighted by atomic mass is 32.1. The van der Waals surface area contributed by atoms with Crippen molar-refractivity contribution < 1.29 is 0 Å². The van der Waals surface area contributed by atoms with Gasteiger partial charge in [-0.25, -0.2) is 0 Å². The van der Waals surface area contributed by atoms with E-state index < -0.39 is 0 Å². The molecule has 2 aromatic heterocycles. The summed E-state index contributed by atoms with van der Waals surface area (Å²) in [7, 11) is 0. The minimum absolute atomic E-state index is 0.152. The second kappa shape index (κ2) is 13.9. The van der Waals surface area contributed by atoms with Crippen molar-refractivity contribution in [2.45, 2.75) is 31.1 Å². The lowest BCUT2D eigenvalue weighted by atomic mass is 9.76. The lowest BCUT2D eigenvalue weighted by Gasteiger charge is -2.27. The van der Waals surface area contributed by atoms with Gasteiger partial charge in [-0.05, 0) is 130 Å². The summed E-state index contributed by atoms with van der Waals surface area (Å²) >= 11 is 1.87. The van der Waals surface area contributed by atoms with Gasteiger partial charge < -0.3 is 9.47 Å². The van der Waals surface area contributed by atoms with Crippen LogP contribution in [0.4, 0.5) is 17.1 Å². The summed E-state index contributed by atoms with van der Waals surface area (Å²) in [6.45, 7) is 0. The first-order valence-corrected chi connectivity index (χ1v) is 22.8. The molecule has 1 spiro atoms. The van der Waals surface area contributed by atoms with Crippen LogP contribution in [-0.4, -0.2) is 4.57 Å². The van der Waals surface area contributed by atoms with Crippen molar-refractivity contribution in [3.05, 3.63) is 217 Å². The van der Waals surface area contributed by atoms with Gasteiger partial charge in [0, 0.05) is 53.4 Å². The Bertz CT molecular complexity index is 3510. The van der Waals surface area contributed by atoms with E-state index in [1.807, 2.05) is 11.3 Å². The Morgan fingerprint density at radius 1 is 0.419 bits per heavy atom. The first-order valence-electron chi connectivity index (χ1n) is 22.0. The average molecular weight is 811 g/mol. The molecule has 0 N–H and O–H groups in total. The highest BCUT2D eigenvalue weighted by Gasteiger charge is 2.44. The maximum Gasteiger partial charge on any atom is 0.0554 e. The molecular formula is C59H42N2S. The van der Waals surface area contributed by atoms with E-state index >= 15 is 0 Å². The van der Waals surface area contributed by atoms with Crippen LogP contribution in [0.2, 0.25) is 0 Å². The van der Waals surface area contributed by atoms with Gasteiger partial charge in [-0.2, -0.15) is 0 Å². The molecule has 1 fully saturated rings. The molecule has 13 rings (SSSR count). The molecule has 0 amide bonds. The van der Waals surface area contributed by atoms with E-state index in [9.17, 15) is 0 Å². The molecule has 3 heteroatoms. The van der Waals surface area contributed by atoms with Gasteiger partial charge in [0.1, 0.15) is 0 Å². The third kappa shape index (κ3) is 5.35. The predicted molar refractivity (Wildman–Crippen MR) is 264 cm³/mol. The van der Waals surface area contributed by atoms with Gasteiger partial charge in [-0.1, -0.05) is 146 Å². The van der Waals surface area contributed by atoms with Crippen molar-refractivity contribution >= 4 is 70.4 Å². The van der Waals surface area contributed by atoms with Crippen molar-refractivity contribution in [2.75, 3.05) is 4.90 Å². The maximum absolute atomic E-state index is 2.51. The standard InChI is InChI=1S/C59H42N2S/c1-2-13-43(14-3-1)61-53-19-8-5-16-48(53)49-34-28-42(38-55(49)61)40-25-31-45(32-26-40)60(54-20-12-22-57-58(54)50-17-6-9-21-56(50)62-57)44-29-23-39(24-30-44)41-27-33-47-46-15-4-7-18-51(46)59(52(47)37-41)35-10-11-36-59/h1-9,12-34,37-38H,10-11,35-36H2. The Morgan fingerprint density at radius 2 is 1.02 bits per heavy atom. The van der Waals surface area contributed by atoms with Crippen molar-refractivity contribution in [1.82, 2.24) is 4.57 Å². The first-order chi connectivity index (χ1) is 30.7. The Balaban J connectivity index is 0.919. The van der Waals surface area contributed by atoms with E-state index in [0.29, 0.717) is 0 Å². The monoisotopic (exact) mass is 810 g/mol. The zero-order chi connectivity index (χ0) is 40.8. The minimum Gasteiger partial charge on any atom is -0.310 e. The summed E-state index contributed by atoms with van der Waals surface area (Å²) < 4.78 is 5.00. The van der Waals surface area contributed by atoms with Crippen LogP contribution >= 0.6 is 11.3 Å². The van der Waals surface area contributed by atoms with Crippen LogP contribution in [0.25, 0.3) is 81.0 Å². The summed E-state index contributed by atoms with van der Waals surface area (Å²) in [4.78, 5) is 2.46. The molecular weight excluding hydrogens is 769 g/mol. The topological polar surface area (TPSA) is 8.17 Å². The third-order valence-corrected chi connectivity index (χ3v) is 15.1. The molecule has 0 radical (unpaired) electrons. The number of fused-ring (bicyclic) bond motifs is 11. The number of rotatable bonds is 6. The lowest BCUT2D eigenvalue weighted by molar-refractivity contribution is 0.550. The molecule has 9 aromatic carbocycles. The fraction of sp³-hybridized carbons (Fsp3) is 0.0847. The molecule has 0 unspecified atom stereocenters. The molecule has 2 aliphatic rings. The highest BCUT2D eigenvalue weighted by Crippen LogP contribution is 2.57. The lowest BCUT2D eigenvalue weighted by Crippen LogP contribution is -2.20. The molecule has 294 valence electrons. The number of thiophene rings is 1. The van der Waals surface area contributed by atoms with Crippen molar-refractivity contribution in [2.24, 2.45) is 0 Å². The van der Waals surface area contributed by atoms with E-state index in [-0.39, 0.29) is 5.41 Å². The van der Waals surface area contributed by atoms with Crippen LogP contribution < -0.4 is 4.90 Å². The summed E-state index contributed by atoms with van der Waals surface area (Å²) in [5, 5.41) is 5.12. The summed E-state index contributed by atoms with van der Waals surface area (Å²) in [5.41, 5.74) is 18.0. The number of para-hydroxylation sites is 2. The molecule has 11 aromatic rings. The molecule has 0 saturated heterocycles. The molecule has 0 bridgehead atoms.